The number of hydrogen-bond acceptors (Lipinski definition) is 3. The number of hydrogen-bond donors (Lipinski definition) is 0. The van der Waals surface area contributed by atoms with E-state index in [0.717, 1.165) is 25.0 Å². The number of esters is 1. The van der Waals surface area contributed by atoms with Crippen molar-refractivity contribution in [2.75, 3.05) is 6.79 Å². The highest BCUT2D eigenvalue weighted by molar-refractivity contribution is 5.74. The van der Waals surface area contributed by atoms with E-state index in [1.807, 2.05) is 12.1 Å². The Hall–Kier alpha value is -3.33. The molecule has 0 radical (unpaired) electrons. The highest BCUT2D eigenvalue weighted by Gasteiger charge is 2.40. The maximum Gasteiger partial charge on any atom is 0.312 e. The molecule has 1 fully saturated rings. The molecular formula is C35H40O3. The van der Waals surface area contributed by atoms with Crippen LogP contribution >= 0.6 is 0 Å². The predicted octanol–water partition coefficient (Wildman–Crippen LogP) is 8.52. The minimum atomic E-state index is -0.129. The van der Waals surface area contributed by atoms with Gasteiger partial charge < -0.3 is 9.47 Å². The highest BCUT2D eigenvalue weighted by atomic mass is 16.7. The second kappa shape index (κ2) is 12.5. The van der Waals surface area contributed by atoms with Gasteiger partial charge in [0, 0.05) is 5.92 Å². The molecule has 0 N–H and O–H groups in total. The van der Waals surface area contributed by atoms with Crippen molar-refractivity contribution in [3.05, 3.63) is 114 Å². The second-order valence-corrected chi connectivity index (χ2v) is 11.2. The van der Waals surface area contributed by atoms with E-state index >= 15 is 0 Å². The van der Waals surface area contributed by atoms with E-state index in [9.17, 15) is 4.79 Å². The Morgan fingerprint density at radius 2 is 1.47 bits per heavy atom. The number of carbonyl (C=O) groups excluding carboxylic acids is 1. The van der Waals surface area contributed by atoms with Crippen molar-refractivity contribution in [2.24, 2.45) is 23.7 Å². The van der Waals surface area contributed by atoms with E-state index < -0.39 is 0 Å². The zero-order valence-electron chi connectivity index (χ0n) is 22.7. The monoisotopic (exact) mass is 508 g/mol. The molecule has 1 saturated carbocycles. The summed E-state index contributed by atoms with van der Waals surface area (Å²) in [5.41, 5.74) is 4.03. The summed E-state index contributed by atoms with van der Waals surface area (Å²) >= 11 is 0. The third-order valence-corrected chi connectivity index (χ3v) is 8.67. The molecule has 0 aliphatic heterocycles. The Balaban J connectivity index is 1.27. The second-order valence-electron chi connectivity index (χ2n) is 11.2. The zero-order valence-corrected chi connectivity index (χ0v) is 22.7. The van der Waals surface area contributed by atoms with Gasteiger partial charge in [-0.2, -0.15) is 0 Å². The number of allylic oxidation sites excluding steroid dienone is 2. The first-order valence-corrected chi connectivity index (χ1v) is 14.3. The lowest BCUT2D eigenvalue weighted by Gasteiger charge is -2.27. The van der Waals surface area contributed by atoms with E-state index in [-0.39, 0.29) is 24.6 Å². The average molecular weight is 509 g/mol. The first-order valence-electron chi connectivity index (χ1n) is 14.3. The zero-order chi connectivity index (χ0) is 26.3. The normalized spacial score (nSPS) is 22.1. The van der Waals surface area contributed by atoms with Crippen LogP contribution in [-0.2, 0) is 9.53 Å². The van der Waals surface area contributed by atoms with Gasteiger partial charge in [-0.3, -0.25) is 4.79 Å². The SMILES string of the molecule is CCC(C)CC(CC(c1ccccc1)c1ccc(OCOC(=O)C2CC3C=CC2C3)cc1)c1ccccc1. The summed E-state index contributed by atoms with van der Waals surface area (Å²) in [5, 5.41) is 0. The fraction of sp³-hybridized carbons (Fsp3) is 0.400. The van der Waals surface area contributed by atoms with Gasteiger partial charge in [0.2, 0.25) is 6.79 Å². The number of ether oxygens (including phenoxy) is 2. The molecule has 0 aromatic heterocycles. The predicted molar refractivity (Wildman–Crippen MR) is 153 cm³/mol. The molecule has 5 rings (SSSR count). The van der Waals surface area contributed by atoms with Gasteiger partial charge in [0.15, 0.2) is 0 Å². The summed E-state index contributed by atoms with van der Waals surface area (Å²) in [7, 11) is 0. The smallest absolute Gasteiger partial charge is 0.312 e. The minimum absolute atomic E-state index is 0.00408. The van der Waals surface area contributed by atoms with Crippen LogP contribution in [0.3, 0.4) is 0 Å². The fourth-order valence-electron chi connectivity index (χ4n) is 6.29. The molecule has 6 unspecified atom stereocenters. The molecule has 3 aromatic rings. The third kappa shape index (κ3) is 6.38. The number of carbonyl (C=O) groups is 1. The van der Waals surface area contributed by atoms with Crippen LogP contribution in [0.5, 0.6) is 5.75 Å². The van der Waals surface area contributed by atoms with Crippen molar-refractivity contribution in [1.29, 1.82) is 0 Å². The molecule has 2 aliphatic rings. The van der Waals surface area contributed by atoms with Crippen LogP contribution in [0.1, 0.15) is 74.5 Å². The van der Waals surface area contributed by atoms with Gasteiger partial charge in [-0.05, 0) is 78.2 Å². The summed E-state index contributed by atoms with van der Waals surface area (Å²) < 4.78 is 11.3. The largest absolute Gasteiger partial charge is 0.457 e. The van der Waals surface area contributed by atoms with Crippen molar-refractivity contribution in [3.8, 4) is 5.75 Å². The Morgan fingerprint density at radius 1 is 0.816 bits per heavy atom. The van der Waals surface area contributed by atoms with Gasteiger partial charge in [-0.1, -0.05) is 105 Å². The van der Waals surface area contributed by atoms with Crippen molar-refractivity contribution in [3.63, 3.8) is 0 Å². The molecule has 0 saturated heterocycles. The lowest BCUT2D eigenvalue weighted by molar-refractivity contribution is -0.156. The third-order valence-electron chi connectivity index (χ3n) is 8.67. The van der Waals surface area contributed by atoms with Crippen molar-refractivity contribution in [2.45, 2.75) is 57.8 Å². The molecular weight excluding hydrogens is 468 g/mol. The highest BCUT2D eigenvalue weighted by Crippen LogP contribution is 2.44. The standard InChI is InChI=1S/C35H40O3/c1-3-25(2)20-31(27-10-6-4-7-11-27)23-33(28-12-8-5-9-13-28)29-16-18-32(19-17-29)37-24-38-35(36)34-22-26-14-15-30(34)21-26/h4-19,25-26,30-31,33-34H,3,20-24H2,1-2H3. The molecule has 2 aliphatic carbocycles. The van der Waals surface area contributed by atoms with E-state index in [0.29, 0.717) is 23.7 Å². The quantitative estimate of drug-likeness (QED) is 0.140. The summed E-state index contributed by atoms with van der Waals surface area (Å²) in [6.07, 6.45) is 9.83. The Kier molecular flexibility index (Phi) is 8.63. The van der Waals surface area contributed by atoms with Crippen LogP contribution in [0.4, 0.5) is 0 Å². The summed E-state index contributed by atoms with van der Waals surface area (Å²) in [5.74, 6) is 2.92. The van der Waals surface area contributed by atoms with E-state index in [1.165, 1.54) is 29.5 Å². The molecule has 0 spiro atoms. The topological polar surface area (TPSA) is 35.5 Å². The molecule has 198 valence electrons. The van der Waals surface area contributed by atoms with Gasteiger partial charge in [0.25, 0.3) is 0 Å². The Bertz CT molecular complexity index is 1180. The van der Waals surface area contributed by atoms with Gasteiger partial charge >= 0.3 is 5.97 Å². The number of benzene rings is 3. The van der Waals surface area contributed by atoms with Crippen molar-refractivity contribution >= 4 is 5.97 Å². The van der Waals surface area contributed by atoms with Crippen molar-refractivity contribution in [1.82, 2.24) is 0 Å². The summed E-state index contributed by atoms with van der Waals surface area (Å²) in [6, 6.07) is 30.1. The molecule has 6 atom stereocenters. The Morgan fingerprint density at radius 3 is 2.08 bits per heavy atom. The lowest BCUT2D eigenvalue weighted by Crippen LogP contribution is -2.23. The van der Waals surface area contributed by atoms with Gasteiger partial charge in [0.1, 0.15) is 5.75 Å². The molecule has 0 amide bonds. The Labute approximate surface area is 227 Å². The summed E-state index contributed by atoms with van der Waals surface area (Å²) in [4.78, 5) is 12.5. The van der Waals surface area contributed by atoms with Gasteiger partial charge in [-0.15, -0.1) is 0 Å². The lowest BCUT2D eigenvalue weighted by atomic mass is 9.77. The molecule has 38 heavy (non-hydrogen) atoms. The van der Waals surface area contributed by atoms with Gasteiger partial charge in [-0.25, -0.2) is 0 Å². The van der Waals surface area contributed by atoms with Crippen LogP contribution in [-0.4, -0.2) is 12.8 Å². The van der Waals surface area contributed by atoms with Crippen molar-refractivity contribution < 1.29 is 14.3 Å². The van der Waals surface area contributed by atoms with Crippen LogP contribution in [0.15, 0.2) is 97.1 Å². The molecule has 2 bridgehead atoms. The maximum atomic E-state index is 12.5. The van der Waals surface area contributed by atoms with Crippen LogP contribution in [0, 0.1) is 23.7 Å². The van der Waals surface area contributed by atoms with E-state index in [2.05, 4.69) is 98.8 Å². The van der Waals surface area contributed by atoms with E-state index in [4.69, 9.17) is 9.47 Å². The molecule has 3 aromatic carbocycles. The van der Waals surface area contributed by atoms with Crippen LogP contribution in [0.25, 0.3) is 0 Å². The minimum Gasteiger partial charge on any atom is -0.457 e. The van der Waals surface area contributed by atoms with Gasteiger partial charge in [0.05, 0.1) is 5.92 Å². The summed E-state index contributed by atoms with van der Waals surface area (Å²) in [6.45, 7) is 4.61. The average Bonchev–Trinajstić information content (AvgIpc) is 3.61. The molecule has 0 heterocycles. The first kappa shape index (κ1) is 26.3. The maximum absolute atomic E-state index is 12.5. The number of rotatable bonds is 12. The number of fused-ring (bicyclic) bond motifs is 2. The van der Waals surface area contributed by atoms with Crippen LogP contribution in [0.2, 0.25) is 0 Å². The molecule has 3 heteroatoms. The first-order chi connectivity index (χ1) is 18.6. The molecule has 3 nitrogen and oxygen atoms in total. The fourth-order valence-corrected chi connectivity index (χ4v) is 6.29. The van der Waals surface area contributed by atoms with Crippen LogP contribution < -0.4 is 4.74 Å². The van der Waals surface area contributed by atoms with E-state index in [1.54, 1.807) is 0 Å².